The van der Waals surface area contributed by atoms with Crippen molar-refractivity contribution in [3.63, 3.8) is 0 Å². The summed E-state index contributed by atoms with van der Waals surface area (Å²) in [5.41, 5.74) is 14.9. The number of rotatable bonds is 7. The topological polar surface area (TPSA) is 3.24 Å². The van der Waals surface area contributed by atoms with Crippen molar-refractivity contribution in [3.05, 3.63) is 118 Å². The van der Waals surface area contributed by atoms with Gasteiger partial charge in [-0.15, -0.1) is 0 Å². The Bertz CT molecular complexity index is 1350. The van der Waals surface area contributed by atoms with Crippen molar-refractivity contribution in [3.8, 4) is 0 Å². The van der Waals surface area contributed by atoms with Gasteiger partial charge in [-0.05, 0) is 130 Å². The molecule has 1 aliphatic carbocycles. The fourth-order valence-corrected chi connectivity index (χ4v) is 5.34. The van der Waals surface area contributed by atoms with Crippen LogP contribution in [0, 0.1) is 25.7 Å². The molecule has 0 aromatic heterocycles. The van der Waals surface area contributed by atoms with Gasteiger partial charge in [0.25, 0.3) is 0 Å². The Hall–Kier alpha value is -3.32. The lowest BCUT2D eigenvalue weighted by Crippen LogP contribution is -2.10. The first kappa shape index (κ1) is 42.7. The lowest BCUT2D eigenvalue weighted by molar-refractivity contribution is 0.308. The van der Waals surface area contributed by atoms with Crippen molar-refractivity contribution < 1.29 is 0 Å². The molecule has 2 aromatic rings. The minimum absolute atomic E-state index is 1.02. The summed E-state index contributed by atoms with van der Waals surface area (Å²) >= 11 is 0. The molecule has 0 heterocycles. The van der Waals surface area contributed by atoms with E-state index in [0.717, 1.165) is 17.4 Å². The van der Waals surface area contributed by atoms with Gasteiger partial charge >= 0.3 is 0 Å². The van der Waals surface area contributed by atoms with E-state index >= 15 is 0 Å². The molecule has 1 fully saturated rings. The highest BCUT2D eigenvalue weighted by molar-refractivity contribution is 5.83. The molecule has 3 rings (SSSR count). The minimum atomic E-state index is 1.02. The van der Waals surface area contributed by atoms with Crippen molar-refractivity contribution in [1.82, 2.24) is 0 Å². The molecule has 254 valence electrons. The van der Waals surface area contributed by atoms with E-state index in [9.17, 15) is 0 Å². The Kier molecular flexibility index (Phi) is 20.6. The van der Waals surface area contributed by atoms with Gasteiger partial charge in [0.1, 0.15) is 0 Å². The molecule has 0 radical (unpaired) electrons. The highest BCUT2D eigenvalue weighted by Crippen LogP contribution is 2.32. The van der Waals surface area contributed by atoms with Crippen molar-refractivity contribution in [2.75, 3.05) is 19.0 Å². The first-order valence-corrected chi connectivity index (χ1v) is 17.5. The summed E-state index contributed by atoms with van der Waals surface area (Å²) in [5, 5.41) is 0. The predicted octanol–water partition coefficient (Wildman–Crippen LogP) is 14.2. The monoisotopic (exact) mass is 624 g/mol. The molecule has 1 nitrogen and oxygen atoms in total. The molecule has 0 amide bonds. The lowest BCUT2D eigenvalue weighted by Gasteiger charge is -2.22. The molecule has 0 unspecified atom stereocenters. The minimum Gasteiger partial charge on any atom is -0.377 e. The number of hydrogen-bond acceptors (Lipinski definition) is 1. The van der Waals surface area contributed by atoms with E-state index in [1.54, 1.807) is 0 Å². The van der Waals surface area contributed by atoms with Crippen molar-refractivity contribution in [2.45, 2.75) is 116 Å². The molecule has 0 spiro atoms. The van der Waals surface area contributed by atoms with E-state index in [1.807, 2.05) is 33.8 Å². The molecule has 1 heteroatoms. The first-order chi connectivity index (χ1) is 21.6. The summed E-state index contributed by atoms with van der Waals surface area (Å²) in [4.78, 5) is 2.16. The largest absolute Gasteiger partial charge is 0.377 e. The van der Waals surface area contributed by atoms with Crippen LogP contribution in [0.4, 0.5) is 5.69 Å². The maximum absolute atomic E-state index is 4.06. The SMILES string of the molecule is C=C\C=C(/C(C)=C(C)/C=C(\C)c1ccc(C(=C)C)cc1C)c1ccc(C)c(N(C)C)c1.CC.CC1CCC(C)CC1.CC=C(C)C. The second kappa shape index (κ2) is 22.2. The Morgan fingerprint density at radius 3 is 1.70 bits per heavy atom. The second-order valence-electron chi connectivity index (χ2n) is 13.4. The fraction of sp³-hybridized carbons (Fsp3) is 0.467. The molecule has 2 aromatic carbocycles. The van der Waals surface area contributed by atoms with Gasteiger partial charge in [0.2, 0.25) is 0 Å². The molecule has 1 aliphatic rings. The number of anilines is 1. The summed E-state index contributed by atoms with van der Waals surface area (Å²) in [6, 6.07) is 13.2. The van der Waals surface area contributed by atoms with Gasteiger partial charge in [-0.25, -0.2) is 0 Å². The number of nitrogens with zero attached hydrogens (tertiary/aromatic N) is 1. The molecule has 0 atom stereocenters. The maximum Gasteiger partial charge on any atom is 0.0396 e. The van der Waals surface area contributed by atoms with Crippen LogP contribution in [0.5, 0.6) is 0 Å². The zero-order valence-corrected chi connectivity index (χ0v) is 32.6. The van der Waals surface area contributed by atoms with Crippen LogP contribution in [0.2, 0.25) is 0 Å². The molecule has 46 heavy (non-hydrogen) atoms. The van der Waals surface area contributed by atoms with Gasteiger partial charge in [0.05, 0.1) is 0 Å². The summed E-state index contributed by atoms with van der Waals surface area (Å²) in [5.74, 6) is 2.04. The van der Waals surface area contributed by atoms with E-state index in [-0.39, 0.29) is 0 Å². The molecular formula is C45H69N. The summed E-state index contributed by atoms with van der Waals surface area (Å²) in [6.45, 7) is 35.9. The van der Waals surface area contributed by atoms with Crippen LogP contribution in [-0.4, -0.2) is 14.1 Å². The van der Waals surface area contributed by atoms with Crippen LogP contribution < -0.4 is 4.90 Å². The predicted molar refractivity (Wildman–Crippen MR) is 215 cm³/mol. The second-order valence-corrected chi connectivity index (χ2v) is 13.4. The standard InChI is InChI=1S/C30H37N.C8H16.C5H10.C2H6/c1-11-12-29(27-14-13-21(4)30(19-27)31(9)10)25(8)22(5)17-23(6)28-16-15-26(20(2)3)18-24(28)7;1-7-3-5-8(2)6-4-7;1-4-5(2)3;1-2/h11-19H,1-2H2,3-10H3;7-8H,3-6H2,1-2H3;4H,1-3H3;1-2H3/b23-17+,25-22+,29-12+;;;. The summed E-state index contributed by atoms with van der Waals surface area (Å²) in [7, 11) is 4.18. The number of allylic oxidation sites excluding steroid dienone is 10. The van der Waals surface area contributed by atoms with Crippen molar-refractivity contribution in [1.29, 1.82) is 0 Å². The van der Waals surface area contributed by atoms with Gasteiger partial charge in [0.15, 0.2) is 0 Å². The Labute approximate surface area is 286 Å². The third-order valence-electron chi connectivity index (χ3n) is 8.74. The van der Waals surface area contributed by atoms with E-state index in [1.165, 1.54) is 87.1 Å². The van der Waals surface area contributed by atoms with Gasteiger partial charge in [-0.2, -0.15) is 0 Å². The highest BCUT2D eigenvalue weighted by atomic mass is 15.1. The highest BCUT2D eigenvalue weighted by Gasteiger charge is 2.13. The van der Waals surface area contributed by atoms with E-state index in [4.69, 9.17) is 0 Å². The van der Waals surface area contributed by atoms with Gasteiger partial charge in [-0.1, -0.05) is 132 Å². The van der Waals surface area contributed by atoms with Crippen molar-refractivity contribution in [2.24, 2.45) is 11.8 Å². The number of aryl methyl sites for hydroxylation is 2. The molecule has 0 N–H and O–H groups in total. The maximum atomic E-state index is 4.06. The molecule has 1 saturated carbocycles. The van der Waals surface area contributed by atoms with Crippen LogP contribution in [0.25, 0.3) is 16.7 Å². The normalized spacial score (nSPS) is 16.6. The van der Waals surface area contributed by atoms with Gasteiger partial charge in [-0.3, -0.25) is 0 Å². The average molecular weight is 624 g/mol. The van der Waals surface area contributed by atoms with E-state index < -0.39 is 0 Å². The molecule has 0 aliphatic heterocycles. The molecular weight excluding hydrogens is 555 g/mol. The van der Waals surface area contributed by atoms with E-state index in [0.29, 0.717) is 0 Å². The van der Waals surface area contributed by atoms with Crippen LogP contribution in [0.15, 0.2) is 90.6 Å². The van der Waals surface area contributed by atoms with Crippen LogP contribution in [-0.2, 0) is 0 Å². The van der Waals surface area contributed by atoms with E-state index in [2.05, 4.69) is 149 Å². The van der Waals surface area contributed by atoms with Crippen LogP contribution in [0.3, 0.4) is 0 Å². The van der Waals surface area contributed by atoms with Gasteiger partial charge < -0.3 is 4.90 Å². The smallest absolute Gasteiger partial charge is 0.0396 e. The quantitative estimate of drug-likeness (QED) is 0.219. The third kappa shape index (κ3) is 14.8. The summed E-state index contributed by atoms with van der Waals surface area (Å²) in [6.07, 6.45) is 14.2. The Morgan fingerprint density at radius 1 is 0.783 bits per heavy atom. The Balaban J connectivity index is 0.00000111. The van der Waals surface area contributed by atoms with Crippen LogP contribution >= 0.6 is 0 Å². The van der Waals surface area contributed by atoms with Crippen LogP contribution in [0.1, 0.15) is 130 Å². The number of hydrogen-bond donors (Lipinski definition) is 0. The Morgan fingerprint density at radius 2 is 1.28 bits per heavy atom. The van der Waals surface area contributed by atoms with Gasteiger partial charge in [0, 0.05) is 19.8 Å². The summed E-state index contributed by atoms with van der Waals surface area (Å²) < 4.78 is 0. The number of benzene rings is 2. The zero-order valence-electron chi connectivity index (χ0n) is 32.6. The molecule has 0 saturated heterocycles. The first-order valence-electron chi connectivity index (χ1n) is 17.5. The molecule has 0 bridgehead atoms. The zero-order chi connectivity index (χ0) is 35.6. The average Bonchev–Trinajstić information content (AvgIpc) is 3.02. The fourth-order valence-electron chi connectivity index (χ4n) is 5.34. The van der Waals surface area contributed by atoms with Crippen molar-refractivity contribution >= 4 is 22.4 Å². The third-order valence-corrected chi connectivity index (χ3v) is 8.74. The lowest BCUT2D eigenvalue weighted by atomic mass is 9.84.